The highest BCUT2D eigenvalue weighted by atomic mass is 16.5. The number of nitrogens with one attached hydrogen (secondary N) is 2. The molecule has 0 aliphatic heterocycles. The van der Waals surface area contributed by atoms with Crippen molar-refractivity contribution in [1.29, 1.82) is 0 Å². The molecule has 1 heterocycles. The lowest BCUT2D eigenvalue weighted by atomic mass is 9.86. The van der Waals surface area contributed by atoms with Gasteiger partial charge in [0.2, 0.25) is 5.91 Å². The SMILES string of the molecule is CCOC(=O)c1[nH]c2ccccc2c1NC(=O)CCC1CCCCC1. The molecule has 1 fully saturated rings. The van der Waals surface area contributed by atoms with Gasteiger partial charge >= 0.3 is 5.97 Å². The van der Waals surface area contributed by atoms with E-state index in [0.29, 0.717) is 30.3 Å². The van der Waals surface area contributed by atoms with Crippen LogP contribution in [0, 0.1) is 5.92 Å². The molecule has 2 N–H and O–H groups in total. The van der Waals surface area contributed by atoms with Crippen molar-refractivity contribution in [2.45, 2.75) is 51.9 Å². The van der Waals surface area contributed by atoms with Crippen molar-refractivity contribution < 1.29 is 14.3 Å². The highest BCUT2D eigenvalue weighted by Crippen LogP contribution is 2.30. The fraction of sp³-hybridized carbons (Fsp3) is 0.500. The molecule has 0 spiro atoms. The third kappa shape index (κ3) is 4.21. The van der Waals surface area contributed by atoms with Crippen LogP contribution in [0.1, 0.15) is 62.4 Å². The molecule has 0 radical (unpaired) electrons. The highest BCUT2D eigenvalue weighted by Gasteiger charge is 2.21. The van der Waals surface area contributed by atoms with Gasteiger partial charge < -0.3 is 15.0 Å². The molecule has 5 nitrogen and oxygen atoms in total. The molecule has 25 heavy (non-hydrogen) atoms. The van der Waals surface area contributed by atoms with Gasteiger partial charge in [-0.25, -0.2) is 4.79 Å². The first kappa shape index (κ1) is 17.5. The van der Waals surface area contributed by atoms with Gasteiger partial charge in [0.25, 0.3) is 0 Å². The Hall–Kier alpha value is -2.30. The molecule has 134 valence electrons. The van der Waals surface area contributed by atoms with Crippen LogP contribution in [-0.2, 0) is 9.53 Å². The Morgan fingerprint density at radius 1 is 1.20 bits per heavy atom. The molecule has 1 aliphatic carbocycles. The van der Waals surface area contributed by atoms with Gasteiger partial charge in [-0.15, -0.1) is 0 Å². The van der Waals surface area contributed by atoms with Crippen molar-refractivity contribution in [2.75, 3.05) is 11.9 Å². The first-order valence-corrected chi connectivity index (χ1v) is 9.26. The Morgan fingerprint density at radius 3 is 2.72 bits per heavy atom. The summed E-state index contributed by atoms with van der Waals surface area (Å²) in [6.07, 6.45) is 7.75. The summed E-state index contributed by atoms with van der Waals surface area (Å²) in [5.74, 6) is 0.175. The number of fused-ring (bicyclic) bond motifs is 1. The maximum absolute atomic E-state index is 12.5. The number of aromatic nitrogens is 1. The predicted molar refractivity (Wildman–Crippen MR) is 98.7 cm³/mol. The number of amides is 1. The van der Waals surface area contributed by atoms with E-state index in [0.717, 1.165) is 17.3 Å². The molecule has 0 atom stereocenters. The lowest BCUT2D eigenvalue weighted by molar-refractivity contribution is -0.116. The Balaban J connectivity index is 1.73. The van der Waals surface area contributed by atoms with Gasteiger partial charge in [-0.05, 0) is 25.3 Å². The van der Waals surface area contributed by atoms with Crippen LogP contribution in [0.25, 0.3) is 10.9 Å². The second-order valence-electron chi connectivity index (χ2n) is 6.73. The average molecular weight is 342 g/mol. The van der Waals surface area contributed by atoms with E-state index in [4.69, 9.17) is 4.74 Å². The van der Waals surface area contributed by atoms with Gasteiger partial charge in [-0.1, -0.05) is 50.3 Å². The maximum Gasteiger partial charge on any atom is 0.356 e. The van der Waals surface area contributed by atoms with Crippen molar-refractivity contribution in [3.8, 4) is 0 Å². The number of benzene rings is 1. The average Bonchev–Trinajstić information content (AvgIpc) is 3.00. The smallest absolute Gasteiger partial charge is 0.356 e. The van der Waals surface area contributed by atoms with Gasteiger partial charge in [0.1, 0.15) is 5.69 Å². The second-order valence-corrected chi connectivity index (χ2v) is 6.73. The number of carbonyl (C=O) groups is 2. The Kier molecular flexibility index (Phi) is 5.74. The Morgan fingerprint density at radius 2 is 1.96 bits per heavy atom. The summed E-state index contributed by atoms with van der Waals surface area (Å²) < 4.78 is 5.11. The zero-order chi connectivity index (χ0) is 17.6. The Labute approximate surface area is 148 Å². The molecule has 1 aromatic heterocycles. The monoisotopic (exact) mass is 342 g/mol. The van der Waals surface area contributed by atoms with Gasteiger partial charge in [0.05, 0.1) is 12.3 Å². The number of H-pyrrole nitrogens is 1. The Bertz CT molecular complexity index is 744. The van der Waals surface area contributed by atoms with E-state index < -0.39 is 5.97 Å². The predicted octanol–water partition coefficient (Wildman–Crippen LogP) is 4.64. The van der Waals surface area contributed by atoms with E-state index in [-0.39, 0.29) is 5.91 Å². The lowest BCUT2D eigenvalue weighted by Gasteiger charge is -2.21. The standard InChI is InChI=1S/C20H26N2O3/c1-2-25-20(24)19-18(15-10-6-7-11-16(15)21-19)22-17(23)13-12-14-8-4-3-5-9-14/h6-7,10-11,14,21H,2-5,8-9,12-13H2,1H3,(H,22,23). The van der Waals surface area contributed by atoms with Crippen LogP contribution in [0.4, 0.5) is 5.69 Å². The highest BCUT2D eigenvalue weighted by molar-refractivity contribution is 6.10. The van der Waals surface area contributed by atoms with Crippen LogP contribution in [0.3, 0.4) is 0 Å². The molecular formula is C20H26N2O3. The van der Waals surface area contributed by atoms with Gasteiger partial charge in [-0.3, -0.25) is 4.79 Å². The summed E-state index contributed by atoms with van der Waals surface area (Å²) in [5.41, 5.74) is 1.66. The third-order valence-electron chi connectivity index (χ3n) is 4.95. The molecule has 1 amide bonds. The van der Waals surface area contributed by atoms with Crippen molar-refractivity contribution in [2.24, 2.45) is 5.92 Å². The molecule has 1 saturated carbocycles. The molecule has 2 aromatic rings. The van der Waals surface area contributed by atoms with E-state index in [1.807, 2.05) is 24.3 Å². The number of ether oxygens (including phenoxy) is 1. The van der Waals surface area contributed by atoms with Gasteiger partial charge in [0, 0.05) is 17.3 Å². The molecule has 0 saturated heterocycles. The van der Waals surface area contributed by atoms with Crippen LogP contribution in [0.2, 0.25) is 0 Å². The minimum atomic E-state index is -0.443. The van der Waals surface area contributed by atoms with Crippen LogP contribution in [0.5, 0.6) is 0 Å². The van der Waals surface area contributed by atoms with Crippen molar-refractivity contribution in [3.05, 3.63) is 30.0 Å². The summed E-state index contributed by atoms with van der Waals surface area (Å²) in [6, 6.07) is 7.56. The minimum absolute atomic E-state index is 0.0409. The van der Waals surface area contributed by atoms with Crippen molar-refractivity contribution >= 4 is 28.5 Å². The zero-order valence-corrected chi connectivity index (χ0v) is 14.8. The van der Waals surface area contributed by atoms with E-state index in [1.54, 1.807) is 6.92 Å². The van der Waals surface area contributed by atoms with E-state index in [1.165, 1.54) is 32.1 Å². The number of para-hydroxylation sites is 1. The number of esters is 1. The first-order valence-electron chi connectivity index (χ1n) is 9.26. The number of hydrogen-bond acceptors (Lipinski definition) is 3. The first-order chi connectivity index (χ1) is 12.2. The number of carbonyl (C=O) groups excluding carboxylic acids is 2. The van der Waals surface area contributed by atoms with E-state index in [2.05, 4.69) is 10.3 Å². The third-order valence-corrected chi connectivity index (χ3v) is 4.95. The van der Waals surface area contributed by atoms with Crippen molar-refractivity contribution in [1.82, 2.24) is 4.98 Å². The summed E-state index contributed by atoms with van der Waals surface area (Å²) in [5, 5.41) is 3.77. The maximum atomic E-state index is 12.5. The molecule has 5 heteroatoms. The quantitative estimate of drug-likeness (QED) is 0.751. The van der Waals surface area contributed by atoms with Gasteiger partial charge in [-0.2, -0.15) is 0 Å². The fourth-order valence-electron chi connectivity index (χ4n) is 3.64. The van der Waals surface area contributed by atoms with E-state index >= 15 is 0 Å². The summed E-state index contributed by atoms with van der Waals surface area (Å²) in [4.78, 5) is 27.7. The summed E-state index contributed by atoms with van der Waals surface area (Å²) >= 11 is 0. The molecule has 0 bridgehead atoms. The minimum Gasteiger partial charge on any atom is -0.461 e. The van der Waals surface area contributed by atoms with Crippen LogP contribution in [0.15, 0.2) is 24.3 Å². The molecular weight excluding hydrogens is 316 g/mol. The molecule has 3 rings (SSSR count). The number of rotatable bonds is 6. The molecule has 0 unspecified atom stereocenters. The topological polar surface area (TPSA) is 71.2 Å². The number of anilines is 1. The zero-order valence-electron chi connectivity index (χ0n) is 14.8. The van der Waals surface area contributed by atoms with Crippen LogP contribution >= 0.6 is 0 Å². The normalized spacial score (nSPS) is 15.2. The molecule has 1 aromatic carbocycles. The summed E-state index contributed by atoms with van der Waals surface area (Å²) in [7, 11) is 0. The second kappa shape index (κ2) is 8.19. The number of hydrogen-bond donors (Lipinski definition) is 2. The van der Waals surface area contributed by atoms with Crippen LogP contribution in [-0.4, -0.2) is 23.5 Å². The van der Waals surface area contributed by atoms with Gasteiger partial charge in [0.15, 0.2) is 0 Å². The number of aromatic amines is 1. The summed E-state index contributed by atoms with van der Waals surface area (Å²) in [6.45, 7) is 2.06. The van der Waals surface area contributed by atoms with Crippen molar-refractivity contribution in [3.63, 3.8) is 0 Å². The van der Waals surface area contributed by atoms with Crippen LogP contribution < -0.4 is 5.32 Å². The fourth-order valence-corrected chi connectivity index (χ4v) is 3.64. The molecule has 1 aliphatic rings. The van der Waals surface area contributed by atoms with E-state index in [9.17, 15) is 9.59 Å². The largest absolute Gasteiger partial charge is 0.461 e. The lowest BCUT2D eigenvalue weighted by Crippen LogP contribution is -2.17.